The van der Waals surface area contributed by atoms with Crippen molar-refractivity contribution in [3.05, 3.63) is 12.2 Å². The highest BCUT2D eigenvalue weighted by molar-refractivity contribution is 14.1. The molecule has 0 aromatic heterocycles. The Labute approximate surface area is 56.9 Å². The molecule has 0 fully saturated rings. The summed E-state index contributed by atoms with van der Waals surface area (Å²) in [7, 11) is 0. The minimum atomic E-state index is -1.16. The van der Waals surface area contributed by atoms with Crippen molar-refractivity contribution in [1.29, 1.82) is 0 Å². The van der Waals surface area contributed by atoms with Crippen molar-refractivity contribution in [1.82, 2.24) is 0 Å². The minimum absolute atomic E-state index is 1.16. The minimum Gasteiger partial charge on any atom is -0.228 e. The van der Waals surface area contributed by atoms with Crippen molar-refractivity contribution in [3.8, 4) is 0 Å². The molecule has 7 heavy (non-hydrogen) atoms. The Hall–Kier alpha value is 0.400. The largest absolute Gasteiger partial charge is 0.228 e. The molecule has 0 N–H and O–H groups in total. The van der Waals surface area contributed by atoms with Crippen molar-refractivity contribution < 1.29 is 4.39 Å². The molecule has 0 amide bonds. The van der Waals surface area contributed by atoms with E-state index in [1.807, 2.05) is 0 Å². The molecule has 0 saturated carbocycles. The molecule has 0 spiro atoms. The van der Waals surface area contributed by atoms with E-state index in [1.54, 1.807) is 35.6 Å². The monoisotopic (exact) mass is 214 g/mol. The zero-order valence-corrected chi connectivity index (χ0v) is 6.57. The van der Waals surface area contributed by atoms with Gasteiger partial charge in [0.1, 0.15) is 0 Å². The van der Waals surface area contributed by atoms with Crippen LogP contribution in [0.5, 0.6) is 0 Å². The molecule has 1 unspecified atom stereocenters. The number of halogens is 2. The average molecular weight is 214 g/mol. The summed E-state index contributed by atoms with van der Waals surface area (Å²) in [6.07, 6.45) is 3.21. The summed E-state index contributed by atoms with van der Waals surface area (Å²) in [4.78, 5) is 0. The number of hydrogen-bond acceptors (Lipinski definition) is 0. The normalized spacial score (nSPS) is 20.0. The Morgan fingerprint density at radius 2 is 2.14 bits per heavy atom. The van der Waals surface area contributed by atoms with E-state index in [0.717, 1.165) is 0 Å². The first-order valence-electron chi connectivity index (χ1n) is 2.08. The van der Waals surface area contributed by atoms with Crippen LogP contribution in [0.25, 0.3) is 0 Å². The lowest BCUT2D eigenvalue weighted by Crippen LogP contribution is -1.98. The Balaban J connectivity index is 3.56. The zero-order chi connectivity index (χ0) is 5.91. The van der Waals surface area contributed by atoms with Crippen molar-refractivity contribution in [2.45, 2.75) is 17.5 Å². The fraction of sp³-hybridized carbons (Fsp3) is 0.600. The van der Waals surface area contributed by atoms with Gasteiger partial charge in [-0.15, -0.1) is 0 Å². The zero-order valence-electron chi connectivity index (χ0n) is 4.41. The van der Waals surface area contributed by atoms with Gasteiger partial charge in [-0.25, -0.2) is 4.39 Å². The van der Waals surface area contributed by atoms with Gasteiger partial charge in [0, 0.05) is 0 Å². The molecule has 0 nitrogen and oxygen atoms in total. The summed E-state index contributed by atoms with van der Waals surface area (Å²) in [6.45, 7) is 3.31. The van der Waals surface area contributed by atoms with E-state index in [0.29, 0.717) is 0 Å². The Bertz CT molecular complexity index is 70.6. The van der Waals surface area contributed by atoms with Crippen molar-refractivity contribution in [3.63, 3.8) is 0 Å². The van der Waals surface area contributed by atoms with E-state index in [-0.39, 0.29) is 0 Å². The molecular weight excluding hydrogens is 206 g/mol. The third-order valence-electron chi connectivity index (χ3n) is 0.459. The topological polar surface area (TPSA) is 0 Å². The van der Waals surface area contributed by atoms with E-state index in [1.165, 1.54) is 13.0 Å². The standard InChI is InChI=1S/C5H8FI/c1-3-4-5(2,6)7/h3-4H,1-2H3/b4-3-. The fourth-order valence-electron chi connectivity index (χ4n) is 0.293. The summed E-state index contributed by atoms with van der Waals surface area (Å²) in [5.41, 5.74) is 0. The molecule has 0 saturated heterocycles. The second kappa shape index (κ2) is 2.64. The SMILES string of the molecule is C/C=C\C(C)(F)I. The quantitative estimate of drug-likeness (QED) is 0.357. The molecule has 42 valence electrons. The summed E-state index contributed by atoms with van der Waals surface area (Å²) >= 11 is 1.72. The van der Waals surface area contributed by atoms with Gasteiger partial charge >= 0.3 is 0 Å². The molecule has 0 aliphatic heterocycles. The second-order valence-corrected chi connectivity index (χ2v) is 3.57. The van der Waals surface area contributed by atoms with Crippen LogP contribution < -0.4 is 0 Å². The molecule has 0 bridgehead atoms. The third kappa shape index (κ3) is 6.40. The van der Waals surface area contributed by atoms with Crippen molar-refractivity contribution in [2.75, 3.05) is 0 Å². The molecule has 0 aromatic carbocycles. The van der Waals surface area contributed by atoms with E-state index < -0.39 is 3.68 Å². The first kappa shape index (κ1) is 7.40. The van der Waals surface area contributed by atoms with Gasteiger partial charge in [0.15, 0.2) is 3.68 Å². The number of hydrogen-bond donors (Lipinski definition) is 0. The number of allylic oxidation sites excluding steroid dienone is 2. The summed E-state index contributed by atoms with van der Waals surface area (Å²) in [5.74, 6) is 0. The summed E-state index contributed by atoms with van der Waals surface area (Å²) in [6, 6.07) is 0. The Kier molecular flexibility index (Phi) is 2.80. The fourth-order valence-corrected chi connectivity index (χ4v) is 0.652. The van der Waals surface area contributed by atoms with Crippen LogP contribution in [0, 0.1) is 0 Å². The highest BCUT2D eigenvalue weighted by Gasteiger charge is 2.10. The van der Waals surface area contributed by atoms with Gasteiger partial charge in [-0.3, -0.25) is 0 Å². The molecule has 1 atom stereocenters. The summed E-state index contributed by atoms with van der Waals surface area (Å²) in [5, 5.41) is 0. The van der Waals surface area contributed by atoms with Crippen LogP contribution in [0.1, 0.15) is 13.8 Å². The predicted octanol–water partition coefficient (Wildman–Crippen LogP) is 2.68. The molecule has 0 rings (SSSR count). The molecule has 0 heterocycles. The van der Waals surface area contributed by atoms with Gasteiger partial charge in [0.05, 0.1) is 0 Å². The van der Waals surface area contributed by atoms with Crippen LogP contribution in [-0.2, 0) is 0 Å². The Morgan fingerprint density at radius 1 is 1.71 bits per heavy atom. The molecule has 2 heteroatoms. The van der Waals surface area contributed by atoms with E-state index in [2.05, 4.69) is 0 Å². The molecule has 0 aliphatic rings. The maximum Gasteiger partial charge on any atom is 0.176 e. The predicted molar refractivity (Wildman–Crippen MR) is 38.3 cm³/mol. The van der Waals surface area contributed by atoms with Crippen molar-refractivity contribution >= 4 is 22.6 Å². The second-order valence-electron chi connectivity index (χ2n) is 1.46. The highest BCUT2D eigenvalue weighted by atomic mass is 127. The smallest absolute Gasteiger partial charge is 0.176 e. The van der Waals surface area contributed by atoms with Crippen LogP contribution in [0.3, 0.4) is 0 Å². The van der Waals surface area contributed by atoms with Crippen LogP contribution in [0.4, 0.5) is 4.39 Å². The van der Waals surface area contributed by atoms with Gasteiger partial charge in [-0.1, -0.05) is 6.08 Å². The highest BCUT2D eigenvalue weighted by Crippen LogP contribution is 2.20. The first-order chi connectivity index (χ1) is 3.06. The van der Waals surface area contributed by atoms with E-state index in [4.69, 9.17) is 0 Å². The van der Waals surface area contributed by atoms with Crippen molar-refractivity contribution in [2.24, 2.45) is 0 Å². The lowest BCUT2D eigenvalue weighted by Gasteiger charge is -2.01. The maximum absolute atomic E-state index is 12.3. The lowest BCUT2D eigenvalue weighted by molar-refractivity contribution is 0.409. The first-order valence-corrected chi connectivity index (χ1v) is 3.16. The third-order valence-corrected chi connectivity index (χ3v) is 0.819. The van der Waals surface area contributed by atoms with Gasteiger partial charge in [0.2, 0.25) is 0 Å². The Morgan fingerprint density at radius 3 is 2.14 bits per heavy atom. The van der Waals surface area contributed by atoms with Gasteiger partial charge < -0.3 is 0 Å². The van der Waals surface area contributed by atoms with Crippen LogP contribution in [0.15, 0.2) is 12.2 Å². The van der Waals surface area contributed by atoms with Crippen LogP contribution in [0.2, 0.25) is 0 Å². The van der Waals surface area contributed by atoms with Gasteiger partial charge in [0.25, 0.3) is 0 Å². The van der Waals surface area contributed by atoms with E-state index in [9.17, 15) is 4.39 Å². The van der Waals surface area contributed by atoms with Crippen LogP contribution in [-0.4, -0.2) is 3.68 Å². The average Bonchev–Trinajstić information content (AvgIpc) is 1.30. The number of rotatable bonds is 1. The van der Waals surface area contributed by atoms with Gasteiger partial charge in [-0.2, -0.15) is 0 Å². The lowest BCUT2D eigenvalue weighted by atomic mass is 10.4. The van der Waals surface area contributed by atoms with Gasteiger partial charge in [-0.05, 0) is 42.5 Å². The number of alkyl halides is 2. The summed E-state index contributed by atoms with van der Waals surface area (Å²) < 4.78 is 11.1. The molecule has 0 aliphatic carbocycles. The van der Waals surface area contributed by atoms with Crippen LogP contribution >= 0.6 is 22.6 Å². The molecule has 0 radical (unpaired) electrons. The molecule has 0 aromatic rings. The maximum atomic E-state index is 12.3. The molecular formula is C5H8FI. The van der Waals surface area contributed by atoms with E-state index >= 15 is 0 Å².